The van der Waals surface area contributed by atoms with Gasteiger partial charge in [0.25, 0.3) is 5.91 Å². The molecular formula is C20H23N3O3. The first-order chi connectivity index (χ1) is 12.5. The molecule has 1 amide bonds. The molecule has 1 unspecified atom stereocenters. The van der Waals surface area contributed by atoms with Gasteiger partial charge in [0.05, 0.1) is 18.0 Å². The SMILES string of the molecule is Cc1ccccc1C(CC(=O)O)NC(=O)c1ccc(N2CCCC2)nc1. The second-order valence-electron chi connectivity index (χ2n) is 6.58. The normalized spacial score (nSPS) is 14.9. The van der Waals surface area contributed by atoms with Crippen molar-refractivity contribution in [3.63, 3.8) is 0 Å². The Balaban J connectivity index is 1.75. The molecule has 1 aromatic carbocycles. The molecule has 1 saturated heterocycles. The van der Waals surface area contributed by atoms with Crippen molar-refractivity contribution in [1.82, 2.24) is 10.3 Å². The topological polar surface area (TPSA) is 82.5 Å². The van der Waals surface area contributed by atoms with Crippen LogP contribution < -0.4 is 10.2 Å². The van der Waals surface area contributed by atoms with Crippen molar-refractivity contribution in [2.75, 3.05) is 18.0 Å². The number of carboxylic acids is 1. The molecule has 1 aliphatic rings. The smallest absolute Gasteiger partial charge is 0.305 e. The van der Waals surface area contributed by atoms with E-state index in [1.54, 1.807) is 12.3 Å². The fourth-order valence-electron chi connectivity index (χ4n) is 3.29. The summed E-state index contributed by atoms with van der Waals surface area (Å²) in [5.41, 5.74) is 2.18. The molecule has 6 heteroatoms. The number of carbonyl (C=O) groups is 2. The summed E-state index contributed by atoms with van der Waals surface area (Å²) in [5.74, 6) is -0.402. The van der Waals surface area contributed by atoms with E-state index in [1.807, 2.05) is 37.3 Å². The molecule has 3 rings (SSSR count). The molecule has 1 aromatic heterocycles. The van der Waals surface area contributed by atoms with Crippen molar-refractivity contribution in [3.8, 4) is 0 Å². The van der Waals surface area contributed by atoms with E-state index in [9.17, 15) is 14.7 Å². The van der Waals surface area contributed by atoms with E-state index in [2.05, 4.69) is 15.2 Å². The van der Waals surface area contributed by atoms with Gasteiger partial charge in [-0.2, -0.15) is 0 Å². The molecule has 0 radical (unpaired) electrons. The molecule has 2 heterocycles. The number of nitrogens with zero attached hydrogens (tertiary/aromatic N) is 2. The van der Waals surface area contributed by atoms with Crippen molar-refractivity contribution in [2.45, 2.75) is 32.2 Å². The van der Waals surface area contributed by atoms with Crippen molar-refractivity contribution in [2.24, 2.45) is 0 Å². The van der Waals surface area contributed by atoms with Crippen LogP contribution in [0.2, 0.25) is 0 Å². The number of aromatic nitrogens is 1. The van der Waals surface area contributed by atoms with E-state index in [-0.39, 0.29) is 12.3 Å². The Kier molecular flexibility index (Phi) is 5.51. The summed E-state index contributed by atoms with van der Waals surface area (Å²) >= 11 is 0. The molecule has 0 saturated carbocycles. The lowest BCUT2D eigenvalue weighted by molar-refractivity contribution is -0.137. The molecule has 6 nitrogen and oxygen atoms in total. The number of carbonyl (C=O) groups excluding carboxylic acids is 1. The van der Waals surface area contributed by atoms with Crippen LogP contribution >= 0.6 is 0 Å². The number of pyridine rings is 1. The van der Waals surface area contributed by atoms with Crippen molar-refractivity contribution in [3.05, 3.63) is 59.3 Å². The molecule has 136 valence electrons. The summed E-state index contributed by atoms with van der Waals surface area (Å²) in [6, 6.07) is 10.5. The monoisotopic (exact) mass is 353 g/mol. The van der Waals surface area contributed by atoms with Gasteiger partial charge >= 0.3 is 5.97 Å². The molecule has 0 aliphatic carbocycles. The Morgan fingerprint density at radius 3 is 2.54 bits per heavy atom. The predicted octanol–water partition coefficient (Wildman–Crippen LogP) is 2.94. The zero-order valence-electron chi connectivity index (χ0n) is 14.8. The Bertz CT molecular complexity index is 783. The predicted molar refractivity (Wildman–Crippen MR) is 99.3 cm³/mol. The van der Waals surface area contributed by atoms with E-state index in [0.29, 0.717) is 5.56 Å². The number of anilines is 1. The molecule has 0 bridgehead atoms. The number of carboxylic acid groups (broad SMARTS) is 1. The molecule has 1 fully saturated rings. The Labute approximate surface area is 152 Å². The maximum Gasteiger partial charge on any atom is 0.305 e. The highest BCUT2D eigenvalue weighted by atomic mass is 16.4. The summed E-state index contributed by atoms with van der Waals surface area (Å²) in [7, 11) is 0. The zero-order valence-corrected chi connectivity index (χ0v) is 14.8. The highest BCUT2D eigenvalue weighted by Gasteiger charge is 2.21. The molecule has 1 aliphatic heterocycles. The maximum atomic E-state index is 12.6. The zero-order chi connectivity index (χ0) is 18.5. The van der Waals surface area contributed by atoms with Crippen LogP contribution in [0, 0.1) is 6.92 Å². The first-order valence-corrected chi connectivity index (χ1v) is 8.84. The van der Waals surface area contributed by atoms with E-state index in [4.69, 9.17) is 0 Å². The fourth-order valence-corrected chi connectivity index (χ4v) is 3.29. The highest BCUT2D eigenvalue weighted by molar-refractivity contribution is 5.94. The lowest BCUT2D eigenvalue weighted by Gasteiger charge is -2.20. The van der Waals surface area contributed by atoms with E-state index >= 15 is 0 Å². The van der Waals surface area contributed by atoms with Crippen LogP contribution in [0.5, 0.6) is 0 Å². The number of benzene rings is 1. The Morgan fingerprint density at radius 2 is 1.92 bits per heavy atom. The molecule has 0 spiro atoms. The van der Waals surface area contributed by atoms with Crippen LogP contribution in [0.4, 0.5) is 5.82 Å². The van der Waals surface area contributed by atoms with Crippen LogP contribution in [0.25, 0.3) is 0 Å². The van der Waals surface area contributed by atoms with Crippen LogP contribution in [0.15, 0.2) is 42.6 Å². The third kappa shape index (κ3) is 4.20. The fraction of sp³-hybridized carbons (Fsp3) is 0.350. The van der Waals surface area contributed by atoms with Crippen LogP contribution in [-0.4, -0.2) is 35.1 Å². The van der Waals surface area contributed by atoms with E-state index in [0.717, 1.165) is 42.9 Å². The van der Waals surface area contributed by atoms with Gasteiger partial charge in [-0.25, -0.2) is 4.98 Å². The second-order valence-corrected chi connectivity index (χ2v) is 6.58. The maximum absolute atomic E-state index is 12.6. The van der Waals surface area contributed by atoms with Crippen LogP contribution in [0.1, 0.15) is 46.8 Å². The van der Waals surface area contributed by atoms with Gasteiger partial charge in [-0.05, 0) is 43.0 Å². The first kappa shape index (κ1) is 17.9. The van der Waals surface area contributed by atoms with Gasteiger partial charge in [-0.3, -0.25) is 9.59 Å². The molecule has 26 heavy (non-hydrogen) atoms. The molecule has 1 atom stereocenters. The van der Waals surface area contributed by atoms with E-state index < -0.39 is 12.0 Å². The number of hydrogen-bond acceptors (Lipinski definition) is 4. The van der Waals surface area contributed by atoms with Gasteiger partial charge in [0, 0.05) is 19.3 Å². The van der Waals surface area contributed by atoms with Gasteiger partial charge in [0.15, 0.2) is 0 Å². The van der Waals surface area contributed by atoms with Crippen molar-refractivity contribution < 1.29 is 14.7 Å². The van der Waals surface area contributed by atoms with Gasteiger partial charge in [-0.1, -0.05) is 24.3 Å². The largest absolute Gasteiger partial charge is 0.481 e. The third-order valence-electron chi connectivity index (χ3n) is 4.69. The van der Waals surface area contributed by atoms with Gasteiger partial charge < -0.3 is 15.3 Å². The van der Waals surface area contributed by atoms with Gasteiger partial charge in [0.2, 0.25) is 0 Å². The average Bonchev–Trinajstić information content (AvgIpc) is 3.16. The lowest BCUT2D eigenvalue weighted by atomic mass is 9.98. The van der Waals surface area contributed by atoms with E-state index in [1.165, 1.54) is 0 Å². The number of hydrogen-bond donors (Lipinski definition) is 2. The quantitative estimate of drug-likeness (QED) is 0.834. The second kappa shape index (κ2) is 7.99. The number of nitrogens with one attached hydrogen (secondary N) is 1. The number of aliphatic carboxylic acids is 1. The standard InChI is InChI=1S/C20H23N3O3/c1-14-6-2-3-7-16(14)17(12-19(24)25)22-20(26)15-8-9-18(21-13-15)23-10-4-5-11-23/h2-3,6-9,13,17H,4-5,10-12H2,1H3,(H,22,26)(H,24,25). The molecular weight excluding hydrogens is 330 g/mol. The van der Waals surface area contributed by atoms with Crippen molar-refractivity contribution >= 4 is 17.7 Å². The van der Waals surface area contributed by atoms with Crippen LogP contribution in [-0.2, 0) is 4.79 Å². The average molecular weight is 353 g/mol. The third-order valence-corrected chi connectivity index (χ3v) is 4.69. The van der Waals surface area contributed by atoms with Gasteiger partial charge in [-0.15, -0.1) is 0 Å². The minimum absolute atomic E-state index is 0.171. The number of rotatable bonds is 6. The lowest BCUT2D eigenvalue weighted by Crippen LogP contribution is -2.31. The Hall–Kier alpha value is -2.89. The van der Waals surface area contributed by atoms with Crippen molar-refractivity contribution in [1.29, 1.82) is 0 Å². The first-order valence-electron chi connectivity index (χ1n) is 8.84. The summed E-state index contributed by atoms with van der Waals surface area (Å²) < 4.78 is 0. The van der Waals surface area contributed by atoms with Gasteiger partial charge in [0.1, 0.15) is 5.82 Å². The minimum Gasteiger partial charge on any atom is -0.481 e. The summed E-state index contributed by atoms with van der Waals surface area (Å²) in [6.07, 6.45) is 3.71. The summed E-state index contributed by atoms with van der Waals surface area (Å²) in [6.45, 7) is 3.89. The minimum atomic E-state index is -0.957. The summed E-state index contributed by atoms with van der Waals surface area (Å²) in [5, 5.41) is 12.0. The number of amides is 1. The molecule has 2 N–H and O–H groups in total. The van der Waals surface area contributed by atoms with Crippen LogP contribution in [0.3, 0.4) is 0 Å². The molecule has 2 aromatic rings. The highest BCUT2D eigenvalue weighted by Crippen LogP contribution is 2.22. The Morgan fingerprint density at radius 1 is 1.19 bits per heavy atom. The number of aryl methyl sites for hydroxylation is 1. The summed E-state index contributed by atoms with van der Waals surface area (Å²) in [4.78, 5) is 30.4.